The first-order chi connectivity index (χ1) is 15.5. The third-order valence-corrected chi connectivity index (χ3v) is 5.34. The van der Waals surface area contributed by atoms with E-state index in [-0.39, 0.29) is 17.4 Å². The average molecular weight is 454 g/mol. The monoisotopic (exact) mass is 454 g/mol. The second-order valence-electron chi connectivity index (χ2n) is 6.29. The standard InChI is InChI=1S/C20H15FN6O4S/c1-30-12-5-3-11(4-6-12)18-25-26-19(32-18)14-7-8-22-20(23-14)24-15-10-16(27(28)29)13(21)9-17(15)31-2/h3-10H,1-2H3,(H,22,23,24). The number of nitrogens with one attached hydrogen (secondary N) is 1. The van der Waals surface area contributed by atoms with Gasteiger partial charge in [0.15, 0.2) is 5.01 Å². The van der Waals surface area contributed by atoms with E-state index < -0.39 is 16.4 Å². The third-order valence-electron chi connectivity index (χ3n) is 4.35. The number of nitro benzene ring substituents is 1. The fraction of sp³-hybridized carbons (Fsp3) is 0.100. The van der Waals surface area contributed by atoms with Crippen molar-refractivity contribution in [2.75, 3.05) is 19.5 Å². The van der Waals surface area contributed by atoms with Crippen LogP contribution in [0.3, 0.4) is 0 Å². The van der Waals surface area contributed by atoms with Crippen molar-refractivity contribution in [3.8, 4) is 32.8 Å². The van der Waals surface area contributed by atoms with Gasteiger partial charge >= 0.3 is 5.69 Å². The van der Waals surface area contributed by atoms with Gasteiger partial charge in [-0.1, -0.05) is 11.3 Å². The van der Waals surface area contributed by atoms with E-state index in [9.17, 15) is 14.5 Å². The lowest BCUT2D eigenvalue weighted by Gasteiger charge is -2.10. The Morgan fingerprint density at radius 3 is 2.50 bits per heavy atom. The lowest BCUT2D eigenvalue weighted by molar-refractivity contribution is -0.387. The fourth-order valence-corrected chi connectivity index (χ4v) is 3.60. The predicted molar refractivity (Wildman–Crippen MR) is 116 cm³/mol. The van der Waals surface area contributed by atoms with Crippen molar-refractivity contribution in [3.05, 3.63) is 64.6 Å². The molecule has 12 heteroatoms. The highest BCUT2D eigenvalue weighted by molar-refractivity contribution is 7.17. The number of hydrogen-bond acceptors (Lipinski definition) is 10. The summed E-state index contributed by atoms with van der Waals surface area (Å²) in [5.74, 6) is -0.0730. The Bertz CT molecular complexity index is 1280. The minimum Gasteiger partial charge on any atom is -0.497 e. The van der Waals surface area contributed by atoms with Gasteiger partial charge in [-0.15, -0.1) is 10.2 Å². The van der Waals surface area contributed by atoms with Gasteiger partial charge in [0.2, 0.25) is 11.8 Å². The van der Waals surface area contributed by atoms with E-state index in [0.717, 1.165) is 23.4 Å². The predicted octanol–water partition coefficient (Wildman–Crippen LogP) is 4.47. The smallest absolute Gasteiger partial charge is 0.307 e. The number of ether oxygens (including phenoxy) is 2. The van der Waals surface area contributed by atoms with E-state index in [1.165, 1.54) is 24.6 Å². The average Bonchev–Trinajstić information content (AvgIpc) is 3.30. The molecule has 0 aliphatic heterocycles. The summed E-state index contributed by atoms with van der Waals surface area (Å²) in [6, 6.07) is 11.0. The van der Waals surface area contributed by atoms with Gasteiger partial charge < -0.3 is 14.8 Å². The fourth-order valence-electron chi connectivity index (χ4n) is 2.79. The maximum Gasteiger partial charge on any atom is 0.307 e. The van der Waals surface area contributed by atoms with Gasteiger partial charge in [-0.05, 0) is 30.3 Å². The number of anilines is 2. The maximum absolute atomic E-state index is 13.9. The summed E-state index contributed by atoms with van der Waals surface area (Å²) in [6.45, 7) is 0. The highest BCUT2D eigenvalue weighted by Gasteiger charge is 2.20. The molecule has 4 aromatic rings. The van der Waals surface area contributed by atoms with Crippen LogP contribution in [0.25, 0.3) is 21.3 Å². The first-order valence-corrected chi connectivity index (χ1v) is 9.90. The van der Waals surface area contributed by atoms with E-state index in [4.69, 9.17) is 9.47 Å². The second kappa shape index (κ2) is 8.89. The molecular weight excluding hydrogens is 439 g/mol. The van der Waals surface area contributed by atoms with Crippen molar-refractivity contribution in [2.45, 2.75) is 0 Å². The van der Waals surface area contributed by atoms with Gasteiger partial charge in [0.05, 0.1) is 24.8 Å². The van der Waals surface area contributed by atoms with Crippen molar-refractivity contribution < 1.29 is 18.8 Å². The van der Waals surface area contributed by atoms with Gasteiger partial charge in [-0.3, -0.25) is 10.1 Å². The van der Waals surface area contributed by atoms with Crippen molar-refractivity contribution in [1.29, 1.82) is 0 Å². The minimum atomic E-state index is -1.01. The van der Waals surface area contributed by atoms with Crippen LogP contribution in [0.1, 0.15) is 0 Å². The zero-order chi connectivity index (χ0) is 22.7. The van der Waals surface area contributed by atoms with Gasteiger partial charge in [0.25, 0.3) is 0 Å². The summed E-state index contributed by atoms with van der Waals surface area (Å²) in [7, 11) is 2.92. The molecule has 0 radical (unpaired) electrons. The van der Waals surface area contributed by atoms with Crippen LogP contribution in [0.15, 0.2) is 48.7 Å². The molecule has 0 saturated carbocycles. The Hall–Kier alpha value is -4.19. The number of nitrogens with zero attached hydrogens (tertiary/aromatic N) is 5. The summed E-state index contributed by atoms with van der Waals surface area (Å²) < 4.78 is 24.1. The molecule has 32 heavy (non-hydrogen) atoms. The van der Waals surface area contributed by atoms with Crippen molar-refractivity contribution in [2.24, 2.45) is 0 Å². The van der Waals surface area contributed by atoms with Crippen molar-refractivity contribution in [3.63, 3.8) is 0 Å². The summed E-state index contributed by atoms with van der Waals surface area (Å²) in [4.78, 5) is 18.8. The topological polar surface area (TPSA) is 125 Å². The summed E-state index contributed by atoms with van der Waals surface area (Å²) in [5.41, 5.74) is 0.826. The van der Waals surface area contributed by atoms with Crippen LogP contribution in [-0.2, 0) is 0 Å². The van der Waals surface area contributed by atoms with Crippen LogP contribution >= 0.6 is 11.3 Å². The van der Waals surface area contributed by atoms with E-state index in [1.807, 2.05) is 24.3 Å². The van der Waals surface area contributed by atoms with Gasteiger partial charge in [0.1, 0.15) is 22.2 Å². The summed E-state index contributed by atoms with van der Waals surface area (Å²) >= 11 is 1.34. The molecule has 162 valence electrons. The van der Waals surface area contributed by atoms with Crippen LogP contribution in [0, 0.1) is 15.9 Å². The van der Waals surface area contributed by atoms with Crippen LogP contribution in [0.2, 0.25) is 0 Å². The molecule has 2 aromatic carbocycles. The van der Waals surface area contributed by atoms with Crippen molar-refractivity contribution in [1.82, 2.24) is 20.2 Å². The molecule has 0 unspecified atom stereocenters. The molecule has 0 bridgehead atoms. The van der Waals surface area contributed by atoms with Crippen molar-refractivity contribution >= 4 is 28.7 Å². The number of rotatable bonds is 7. The third kappa shape index (κ3) is 4.30. The normalized spacial score (nSPS) is 10.6. The molecule has 2 aromatic heterocycles. The Labute approximate surface area is 184 Å². The molecule has 4 rings (SSSR count). The largest absolute Gasteiger partial charge is 0.497 e. The Morgan fingerprint density at radius 1 is 1.06 bits per heavy atom. The van der Waals surface area contributed by atoms with E-state index in [1.54, 1.807) is 13.2 Å². The van der Waals surface area contributed by atoms with E-state index in [0.29, 0.717) is 15.7 Å². The molecule has 10 nitrogen and oxygen atoms in total. The highest BCUT2D eigenvalue weighted by atomic mass is 32.1. The van der Waals surface area contributed by atoms with Crippen LogP contribution in [0.4, 0.5) is 21.7 Å². The molecule has 0 fully saturated rings. The van der Waals surface area contributed by atoms with Gasteiger partial charge in [-0.2, -0.15) is 4.39 Å². The highest BCUT2D eigenvalue weighted by Crippen LogP contribution is 2.34. The van der Waals surface area contributed by atoms with E-state index in [2.05, 4.69) is 25.5 Å². The van der Waals surface area contributed by atoms with Crippen LogP contribution in [0.5, 0.6) is 11.5 Å². The quantitative estimate of drug-likeness (QED) is 0.318. The lowest BCUT2D eigenvalue weighted by Crippen LogP contribution is -2.02. The molecule has 0 atom stereocenters. The zero-order valence-electron chi connectivity index (χ0n) is 16.8. The SMILES string of the molecule is COc1ccc(-c2nnc(-c3ccnc(Nc4cc([N+](=O)[O-])c(F)cc4OC)n3)s2)cc1. The van der Waals surface area contributed by atoms with Crippen LogP contribution < -0.4 is 14.8 Å². The number of hydrogen-bond donors (Lipinski definition) is 1. The van der Waals surface area contributed by atoms with Gasteiger partial charge in [-0.25, -0.2) is 9.97 Å². The molecule has 0 aliphatic carbocycles. The number of nitro groups is 1. The number of benzene rings is 2. The lowest BCUT2D eigenvalue weighted by atomic mass is 10.2. The summed E-state index contributed by atoms with van der Waals surface area (Å²) in [6.07, 6.45) is 1.50. The van der Waals surface area contributed by atoms with Crippen LogP contribution in [-0.4, -0.2) is 39.3 Å². The Kier molecular flexibility index (Phi) is 5.85. The molecule has 0 saturated heterocycles. The second-order valence-corrected chi connectivity index (χ2v) is 7.27. The summed E-state index contributed by atoms with van der Waals surface area (Å²) in [5, 5.41) is 23.6. The minimum absolute atomic E-state index is 0.0693. The maximum atomic E-state index is 13.9. The Balaban J connectivity index is 1.62. The Morgan fingerprint density at radius 2 is 1.81 bits per heavy atom. The molecular formula is C20H15FN6O4S. The first kappa shape index (κ1) is 21.1. The molecule has 0 aliphatic rings. The molecule has 2 heterocycles. The van der Waals surface area contributed by atoms with E-state index >= 15 is 0 Å². The zero-order valence-corrected chi connectivity index (χ0v) is 17.6. The molecule has 0 spiro atoms. The number of halogens is 1. The number of methoxy groups -OCH3 is 2. The first-order valence-electron chi connectivity index (χ1n) is 9.09. The molecule has 1 N–H and O–H groups in total. The number of aromatic nitrogens is 4. The van der Waals surface area contributed by atoms with Gasteiger partial charge in [0, 0.05) is 23.9 Å². The molecule has 0 amide bonds.